The van der Waals surface area contributed by atoms with Gasteiger partial charge in [0.1, 0.15) is 0 Å². The first-order valence-corrected chi connectivity index (χ1v) is 6.81. The number of carbonyl (C=O) groups is 3. The van der Waals surface area contributed by atoms with E-state index in [1.54, 1.807) is 6.92 Å². The molecule has 0 heterocycles. The second-order valence-electron chi connectivity index (χ2n) is 3.63. The molecule has 0 aromatic rings. The van der Waals surface area contributed by atoms with E-state index in [1.807, 2.05) is 0 Å². The smallest absolute Gasteiger partial charge is 0.334 e. The van der Waals surface area contributed by atoms with Crippen LogP contribution in [-0.4, -0.2) is 40.1 Å². The van der Waals surface area contributed by atoms with E-state index < -0.39 is 11.9 Å². The van der Waals surface area contributed by atoms with Crippen LogP contribution in [0.3, 0.4) is 0 Å². The summed E-state index contributed by atoms with van der Waals surface area (Å²) in [7, 11) is 0. The largest absolute Gasteiger partial charge is 0.478 e. The number of ether oxygens (including phenoxy) is 1. The van der Waals surface area contributed by atoms with Gasteiger partial charge >= 0.3 is 17.9 Å². The summed E-state index contributed by atoms with van der Waals surface area (Å²) in [5.74, 6) is -2.20. The van der Waals surface area contributed by atoms with Gasteiger partial charge in [-0.05, 0) is 20.8 Å². The monoisotopic (exact) mass is 364 g/mol. The Hall–Kier alpha value is -1.89. The van der Waals surface area contributed by atoms with Crippen LogP contribution >= 0.6 is 15.9 Å². The Labute approximate surface area is 132 Å². The number of hydrogen-bond acceptors (Lipinski definition) is 4. The molecule has 0 amide bonds. The number of esters is 1. The van der Waals surface area contributed by atoms with E-state index in [0.29, 0.717) is 17.5 Å². The van der Waals surface area contributed by atoms with E-state index in [1.165, 1.54) is 13.8 Å². The molecule has 120 valence electrons. The van der Waals surface area contributed by atoms with Crippen molar-refractivity contribution in [3.63, 3.8) is 0 Å². The lowest BCUT2D eigenvalue weighted by atomic mass is 10.4. The highest BCUT2D eigenvalue weighted by molar-refractivity contribution is 9.09. The van der Waals surface area contributed by atoms with E-state index in [2.05, 4.69) is 40.4 Å². The molecule has 0 aromatic carbocycles. The molecule has 0 aliphatic carbocycles. The minimum Gasteiger partial charge on any atom is -0.478 e. The molecule has 0 fully saturated rings. The summed E-state index contributed by atoms with van der Waals surface area (Å²) in [6, 6.07) is 0. The van der Waals surface area contributed by atoms with Crippen LogP contribution in [0.2, 0.25) is 0 Å². The van der Waals surface area contributed by atoms with Gasteiger partial charge in [0.2, 0.25) is 0 Å². The fourth-order valence-corrected chi connectivity index (χ4v) is 0.517. The number of carboxylic acids is 2. The average Bonchev–Trinajstić information content (AvgIpc) is 2.39. The Bertz CT molecular complexity index is 364. The Morgan fingerprint density at radius 2 is 1.29 bits per heavy atom. The molecule has 0 aliphatic rings. The lowest BCUT2D eigenvalue weighted by Crippen LogP contribution is -2.06. The third-order valence-electron chi connectivity index (χ3n) is 1.46. The summed E-state index contributed by atoms with van der Waals surface area (Å²) in [5.41, 5.74) is 0.807. The topological polar surface area (TPSA) is 101 Å². The van der Waals surface area contributed by atoms with Crippen LogP contribution in [0.15, 0.2) is 36.5 Å². The molecule has 0 aliphatic heterocycles. The summed E-state index contributed by atoms with van der Waals surface area (Å²) < 4.78 is 4.63. The molecule has 0 aromatic heterocycles. The zero-order valence-corrected chi connectivity index (χ0v) is 14.0. The fraction of sp³-hybridized carbons (Fsp3) is 0.357. The minimum absolute atomic E-state index is 0.176. The van der Waals surface area contributed by atoms with Gasteiger partial charge in [0.05, 0.1) is 6.61 Å². The van der Waals surface area contributed by atoms with E-state index in [4.69, 9.17) is 10.2 Å². The molecule has 0 unspecified atom stereocenters. The predicted octanol–water partition coefficient (Wildman–Crippen LogP) is 2.79. The van der Waals surface area contributed by atoms with Crippen LogP contribution in [0.25, 0.3) is 0 Å². The van der Waals surface area contributed by atoms with Crippen molar-refractivity contribution in [1.29, 1.82) is 0 Å². The highest BCUT2D eigenvalue weighted by atomic mass is 79.9. The molecule has 0 rings (SSSR count). The van der Waals surface area contributed by atoms with Gasteiger partial charge in [0.25, 0.3) is 0 Å². The first kappa shape index (κ1) is 24.1. The van der Waals surface area contributed by atoms with E-state index in [-0.39, 0.29) is 17.1 Å². The molecule has 0 radical (unpaired) electrons. The SMILES string of the molecule is C=C(C)C(=O)O.C=C(C)C(=O)O.C=C(CBr)C(=O)OCC. The van der Waals surface area contributed by atoms with Crippen molar-refractivity contribution in [1.82, 2.24) is 0 Å². The number of halogens is 1. The molecule has 0 saturated carbocycles. The molecular formula is C14H21BrO6. The van der Waals surface area contributed by atoms with Gasteiger partial charge in [-0.3, -0.25) is 0 Å². The normalized spacial score (nSPS) is 8.00. The molecule has 0 spiro atoms. The Morgan fingerprint density at radius 3 is 1.43 bits per heavy atom. The van der Waals surface area contributed by atoms with Crippen LogP contribution in [-0.2, 0) is 19.1 Å². The zero-order valence-electron chi connectivity index (χ0n) is 12.4. The van der Waals surface area contributed by atoms with Crippen LogP contribution in [0.1, 0.15) is 20.8 Å². The summed E-state index contributed by atoms with van der Waals surface area (Å²) in [6.45, 7) is 14.8. The van der Waals surface area contributed by atoms with Crippen molar-refractivity contribution < 1.29 is 29.3 Å². The second-order valence-corrected chi connectivity index (χ2v) is 4.19. The molecule has 0 atom stereocenters. The third kappa shape index (κ3) is 20.6. The second kappa shape index (κ2) is 14.5. The maximum absolute atomic E-state index is 10.6. The van der Waals surface area contributed by atoms with Gasteiger partial charge < -0.3 is 14.9 Å². The van der Waals surface area contributed by atoms with E-state index in [0.717, 1.165) is 0 Å². The summed E-state index contributed by atoms with van der Waals surface area (Å²) >= 11 is 3.08. The molecule has 0 bridgehead atoms. The molecular weight excluding hydrogens is 344 g/mol. The minimum atomic E-state index is -0.935. The number of hydrogen-bond donors (Lipinski definition) is 2. The molecule has 6 nitrogen and oxygen atoms in total. The van der Waals surface area contributed by atoms with Gasteiger partial charge in [-0.25, -0.2) is 14.4 Å². The maximum atomic E-state index is 10.6. The molecule has 7 heteroatoms. The Kier molecular flexibility index (Phi) is 16.7. The number of aliphatic carboxylic acids is 2. The summed E-state index contributed by atoms with van der Waals surface area (Å²) in [5, 5.41) is 16.3. The Morgan fingerprint density at radius 1 is 1.00 bits per heavy atom. The van der Waals surface area contributed by atoms with Crippen LogP contribution in [0.4, 0.5) is 0 Å². The van der Waals surface area contributed by atoms with Crippen molar-refractivity contribution in [2.45, 2.75) is 20.8 Å². The van der Waals surface area contributed by atoms with Gasteiger partial charge in [-0.15, -0.1) is 0 Å². The lowest BCUT2D eigenvalue weighted by molar-refractivity contribution is -0.138. The summed E-state index contributed by atoms with van der Waals surface area (Å²) in [4.78, 5) is 29.8. The van der Waals surface area contributed by atoms with Gasteiger partial charge in [0, 0.05) is 22.0 Å². The quantitative estimate of drug-likeness (QED) is 0.441. The number of alkyl halides is 1. The van der Waals surface area contributed by atoms with Crippen molar-refractivity contribution in [3.05, 3.63) is 36.5 Å². The fourth-order valence-electron chi connectivity index (χ4n) is 0.288. The summed E-state index contributed by atoms with van der Waals surface area (Å²) in [6.07, 6.45) is 0. The molecule has 21 heavy (non-hydrogen) atoms. The van der Waals surface area contributed by atoms with E-state index >= 15 is 0 Å². The van der Waals surface area contributed by atoms with Crippen LogP contribution in [0, 0.1) is 0 Å². The average molecular weight is 365 g/mol. The van der Waals surface area contributed by atoms with Crippen molar-refractivity contribution in [2.24, 2.45) is 0 Å². The number of rotatable bonds is 5. The zero-order chi connectivity index (χ0) is 17.6. The molecule has 0 saturated heterocycles. The van der Waals surface area contributed by atoms with Crippen LogP contribution < -0.4 is 0 Å². The standard InChI is InChI=1S/C6H9BrO2.2C4H6O2/c1-3-9-6(8)5(2)4-7;2*1-3(2)4(5)6/h2-4H2,1H3;2*1H2,2H3,(H,5,6). The number of carbonyl (C=O) groups excluding carboxylic acids is 1. The highest BCUT2D eigenvalue weighted by Crippen LogP contribution is 1.98. The van der Waals surface area contributed by atoms with Gasteiger partial charge in [-0.2, -0.15) is 0 Å². The number of carboxylic acid groups (broad SMARTS) is 2. The van der Waals surface area contributed by atoms with Gasteiger partial charge in [-0.1, -0.05) is 35.7 Å². The Balaban J connectivity index is -0.000000240. The van der Waals surface area contributed by atoms with Gasteiger partial charge in [0.15, 0.2) is 0 Å². The third-order valence-corrected chi connectivity index (χ3v) is 2.13. The van der Waals surface area contributed by atoms with Crippen molar-refractivity contribution in [2.75, 3.05) is 11.9 Å². The van der Waals surface area contributed by atoms with Crippen LogP contribution in [0.5, 0.6) is 0 Å². The predicted molar refractivity (Wildman–Crippen MR) is 84.5 cm³/mol. The van der Waals surface area contributed by atoms with E-state index in [9.17, 15) is 14.4 Å². The maximum Gasteiger partial charge on any atom is 0.334 e. The highest BCUT2D eigenvalue weighted by Gasteiger charge is 2.03. The first-order valence-electron chi connectivity index (χ1n) is 5.69. The van der Waals surface area contributed by atoms with Crippen molar-refractivity contribution in [3.8, 4) is 0 Å². The first-order chi connectivity index (χ1) is 9.50. The lowest BCUT2D eigenvalue weighted by Gasteiger charge is -1.99. The molecule has 2 N–H and O–H groups in total. The van der Waals surface area contributed by atoms with Crippen molar-refractivity contribution >= 4 is 33.8 Å².